The van der Waals surface area contributed by atoms with Crippen molar-refractivity contribution >= 4 is 19.8 Å². The Balaban J connectivity index is 4.34. The molecule has 0 aliphatic carbocycles. The molecule has 0 heterocycles. The number of unbranched alkanes of at least 4 members (excludes halogenated alkanes) is 14. The van der Waals surface area contributed by atoms with Crippen LogP contribution in [0.2, 0.25) is 0 Å². The molecule has 0 saturated carbocycles. The Kier molecular flexibility index (Phi) is 36.7. The molecule has 10 heteroatoms. The molecule has 300 valence electrons. The second-order valence-electron chi connectivity index (χ2n) is 13.2. The molecule has 0 bridgehead atoms. The lowest BCUT2D eigenvalue weighted by Gasteiger charge is -2.19. The zero-order chi connectivity index (χ0) is 38.2. The van der Waals surface area contributed by atoms with Crippen molar-refractivity contribution in [2.75, 3.05) is 26.4 Å². The summed E-state index contributed by atoms with van der Waals surface area (Å²) in [6.45, 7) is 3.60. The van der Waals surface area contributed by atoms with Crippen molar-refractivity contribution in [2.24, 2.45) is 5.73 Å². The number of carbonyl (C=O) groups is 2. The Labute approximate surface area is 317 Å². The van der Waals surface area contributed by atoms with Gasteiger partial charge in [0.05, 0.1) is 13.2 Å². The second-order valence-corrected chi connectivity index (χ2v) is 14.6. The van der Waals surface area contributed by atoms with E-state index in [0.29, 0.717) is 6.42 Å². The van der Waals surface area contributed by atoms with E-state index in [-0.39, 0.29) is 32.6 Å². The number of rotatable bonds is 37. The van der Waals surface area contributed by atoms with Crippen LogP contribution in [0.3, 0.4) is 0 Å². The van der Waals surface area contributed by atoms with Crippen molar-refractivity contribution in [3.63, 3.8) is 0 Å². The highest BCUT2D eigenvalue weighted by atomic mass is 31.2. The van der Waals surface area contributed by atoms with Gasteiger partial charge in [0.25, 0.3) is 0 Å². The maximum atomic E-state index is 12.5. The lowest BCUT2D eigenvalue weighted by molar-refractivity contribution is -0.161. The summed E-state index contributed by atoms with van der Waals surface area (Å²) in [5.74, 6) is -0.928. The van der Waals surface area contributed by atoms with Crippen LogP contribution in [-0.2, 0) is 32.7 Å². The zero-order valence-corrected chi connectivity index (χ0v) is 33.7. The standard InChI is InChI=1S/C42H74NO8P/c1-3-5-7-9-11-13-15-17-18-19-20-21-22-23-25-27-29-31-33-35-42(45)51-40(39-50-52(46,47)49-37-36-43)38-48-41(44)34-32-30-28-26-24-16-14-12-10-8-6-4-2/h11,13,17-18,20-21,23,25,29,31,40H,3-10,12,14-16,19,22,24,26-28,30,32-39,43H2,1-2H3,(H,46,47). The van der Waals surface area contributed by atoms with Gasteiger partial charge in [-0.15, -0.1) is 0 Å². The first-order valence-corrected chi connectivity index (χ1v) is 21.8. The predicted octanol–water partition coefficient (Wildman–Crippen LogP) is 11.3. The van der Waals surface area contributed by atoms with Crippen molar-refractivity contribution in [1.82, 2.24) is 0 Å². The van der Waals surface area contributed by atoms with E-state index < -0.39 is 32.5 Å². The van der Waals surface area contributed by atoms with Crippen LogP contribution in [0, 0.1) is 0 Å². The van der Waals surface area contributed by atoms with Gasteiger partial charge in [-0.25, -0.2) is 4.57 Å². The molecule has 0 fully saturated rings. The normalized spacial score (nSPS) is 14.0. The molecule has 0 aromatic rings. The summed E-state index contributed by atoms with van der Waals surface area (Å²) in [7, 11) is -4.39. The third-order valence-electron chi connectivity index (χ3n) is 8.17. The molecule has 0 saturated heterocycles. The van der Waals surface area contributed by atoms with Gasteiger partial charge < -0.3 is 20.1 Å². The minimum Gasteiger partial charge on any atom is -0.462 e. The summed E-state index contributed by atoms with van der Waals surface area (Å²) in [5, 5.41) is 0. The van der Waals surface area contributed by atoms with Crippen LogP contribution in [0.4, 0.5) is 0 Å². The number of phosphoric ester groups is 1. The van der Waals surface area contributed by atoms with Gasteiger partial charge in [-0.2, -0.15) is 0 Å². The van der Waals surface area contributed by atoms with E-state index in [1.54, 1.807) is 0 Å². The lowest BCUT2D eigenvalue weighted by atomic mass is 10.0. The third kappa shape index (κ3) is 37.5. The summed E-state index contributed by atoms with van der Waals surface area (Å²) in [6, 6.07) is 0. The van der Waals surface area contributed by atoms with Crippen LogP contribution in [0.1, 0.15) is 162 Å². The number of carbonyl (C=O) groups excluding carboxylic acids is 2. The molecule has 52 heavy (non-hydrogen) atoms. The van der Waals surface area contributed by atoms with Crippen molar-refractivity contribution in [3.8, 4) is 0 Å². The molecule has 0 rings (SSSR count). The highest BCUT2D eigenvalue weighted by Gasteiger charge is 2.25. The van der Waals surface area contributed by atoms with E-state index in [9.17, 15) is 19.0 Å². The van der Waals surface area contributed by atoms with Crippen molar-refractivity contribution in [3.05, 3.63) is 60.8 Å². The number of ether oxygens (including phenoxy) is 2. The minimum absolute atomic E-state index is 0.0407. The summed E-state index contributed by atoms with van der Waals surface area (Å²) in [4.78, 5) is 34.7. The number of esters is 2. The Hall–Kier alpha value is -2.29. The first kappa shape index (κ1) is 49.7. The van der Waals surface area contributed by atoms with E-state index in [1.165, 1.54) is 83.5 Å². The molecule has 0 aliphatic rings. The first-order chi connectivity index (χ1) is 25.3. The fraction of sp³-hybridized carbons (Fsp3) is 0.714. The fourth-order valence-corrected chi connectivity index (χ4v) is 5.91. The molecule has 2 unspecified atom stereocenters. The van der Waals surface area contributed by atoms with Crippen molar-refractivity contribution < 1.29 is 37.6 Å². The van der Waals surface area contributed by atoms with Gasteiger partial charge in [-0.05, 0) is 51.4 Å². The molecule has 3 N–H and O–H groups in total. The second kappa shape index (κ2) is 38.4. The van der Waals surface area contributed by atoms with Crippen LogP contribution in [0.5, 0.6) is 0 Å². The fourth-order valence-electron chi connectivity index (χ4n) is 5.15. The molecule has 0 aliphatic heterocycles. The molecular formula is C42H74NO8P. The average Bonchev–Trinajstić information content (AvgIpc) is 3.13. The van der Waals surface area contributed by atoms with Gasteiger partial charge in [-0.3, -0.25) is 18.6 Å². The molecule has 0 aromatic heterocycles. The molecule has 0 aromatic carbocycles. The molecule has 0 amide bonds. The topological polar surface area (TPSA) is 134 Å². The quantitative estimate of drug-likeness (QED) is 0.0275. The van der Waals surface area contributed by atoms with Crippen molar-refractivity contribution in [1.29, 1.82) is 0 Å². The van der Waals surface area contributed by atoms with E-state index in [1.807, 2.05) is 12.2 Å². The van der Waals surface area contributed by atoms with E-state index >= 15 is 0 Å². The number of hydrogen-bond donors (Lipinski definition) is 2. The summed E-state index contributed by atoms with van der Waals surface area (Å²) >= 11 is 0. The maximum absolute atomic E-state index is 12.5. The average molecular weight is 752 g/mol. The van der Waals surface area contributed by atoms with Gasteiger partial charge in [-0.1, -0.05) is 158 Å². The highest BCUT2D eigenvalue weighted by Crippen LogP contribution is 2.43. The molecule has 2 atom stereocenters. The smallest absolute Gasteiger partial charge is 0.462 e. The third-order valence-corrected chi connectivity index (χ3v) is 9.15. The molecular weight excluding hydrogens is 677 g/mol. The predicted molar refractivity (Wildman–Crippen MR) is 215 cm³/mol. The number of allylic oxidation sites excluding steroid dienone is 10. The van der Waals surface area contributed by atoms with Crippen LogP contribution in [0.15, 0.2) is 60.8 Å². The van der Waals surface area contributed by atoms with Crippen LogP contribution < -0.4 is 5.73 Å². The van der Waals surface area contributed by atoms with E-state index in [4.69, 9.17) is 24.3 Å². The van der Waals surface area contributed by atoms with Gasteiger partial charge in [0.15, 0.2) is 6.10 Å². The SMILES string of the molecule is CCCCCC=CCC=CCC=CCC=CCC=CCCC(=O)OC(COC(=O)CCCCCCCCCCCCCC)COP(=O)(O)OCCN. The van der Waals surface area contributed by atoms with E-state index in [0.717, 1.165) is 44.9 Å². The Bertz CT molecular complexity index is 1040. The zero-order valence-electron chi connectivity index (χ0n) is 32.8. The van der Waals surface area contributed by atoms with Crippen LogP contribution in [-0.4, -0.2) is 49.3 Å². The monoisotopic (exact) mass is 752 g/mol. The van der Waals surface area contributed by atoms with Gasteiger partial charge in [0, 0.05) is 19.4 Å². The summed E-state index contributed by atoms with van der Waals surface area (Å²) in [6.07, 6.45) is 44.1. The van der Waals surface area contributed by atoms with Crippen LogP contribution >= 0.6 is 7.82 Å². The minimum atomic E-state index is -4.39. The lowest BCUT2D eigenvalue weighted by Crippen LogP contribution is -2.29. The maximum Gasteiger partial charge on any atom is 0.472 e. The Morgan fingerprint density at radius 2 is 1.04 bits per heavy atom. The Morgan fingerprint density at radius 3 is 1.56 bits per heavy atom. The van der Waals surface area contributed by atoms with Gasteiger partial charge in [0.2, 0.25) is 0 Å². The molecule has 0 spiro atoms. The Morgan fingerprint density at radius 1 is 0.577 bits per heavy atom. The summed E-state index contributed by atoms with van der Waals surface area (Å²) < 4.78 is 32.6. The number of nitrogens with two attached hydrogens (primary N) is 1. The van der Waals surface area contributed by atoms with Crippen LogP contribution in [0.25, 0.3) is 0 Å². The van der Waals surface area contributed by atoms with E-state index in [2.05, 4.69) is 62.5 Å². The summed E-state index contributed by atoms with van der Waals surface area (Å²) in [5.41, 5.74) is 5.33. The van der Waals surface area contributed by atoms with Gasteiger partial charge in [0.1, 0.15) is 6.61 Å². The van der Waals surface area contributed by atoms with Gasteiger partial charge >= 0.3 is 19.8 Å². The first-order valence-electron chi connectivity index (χ1n) is 20.3. The molecule has 9 nitrogen and oxygen atoms in total. The highest BCUT2D eigenvalue weighted by molar-refractivity contribution is 7.47. The number of phosphoric acid groups is 1. The molecule has 0 radical (unpaired) electrons. The largest absolute Gasteiger partial charge is 0.472 e. The van der Waals surface area contributed by atoms with Crippen molar-refractivity contribution in [2.45, 2.75) is 168 Å². The number of hydrogen-bond acceptors (Lipinski definition) is 8.